The van der Waals surface area contributed by atoms with E-state index in [9.17, 15) is 14.0 Å². The van der Waals surface area contributed by atoms with E-state index < -0.39 is 17.6 Å². The molecular weight excluding hydrogens is 341 g/mol. The third-order valence-electron chi connectivity index (χ3n) is 2.88. The highest BCUT2D eigenvalue weighted by molar-refractivity contribution is 6.31. The van der Waals surface area contributed by atoms with Crippen molar-refractivity contribution in [2.75, 3.05) is 10.6 Å². The molecule has 0 atom stereocenters. The average molecular weight is 350 g/mol. The van der Waals surface area contributed by atoms with Gasteiger partial charge in [0.2, 0.25) is 0 Å². The van der Waals surface area contributed by atoms with Crippen molar-refractivity contribution in [1.29, 1.82) is 0 Å². The largest absolute Gasteiger partial charge is 0.459 e. The van der Waals surface area contributed by atoms with Crippen LogP contribution in [0.25, 0.3) is 0 Å². The van der Waals surface area contributed by atoms with E-state index in [0.717, 1.165) is 12.3 Å². The minimum atomic E-state index is -0.611. The number of carbonyl (C=O) groups is 2. The summed E-state index contributed by atoms with van der Waals surface area (Å²) in [5.74, 6) is -1.71. The number of amides is 2. The Morgan fingerprint density at radius 3 is 2.67 bits per heavy atom. The first-order valence-corrected chi connectivity index (χ1v) is 6.97. The minimum absolute atomic E-state index is 0.0696. The lowest BCUT2D eigenvalue weighted by Crippen LogP contribution is -2.14. The van der Waals surface area contributed by atoms with Crippen LogP contribution in [0.1, 0.15) is 21.0 Å². The van der Waals surface area contributed by atoms with Crippen molar-refractivity contribution in [3.8, 4) is 0 Å². The number of hydrogen-bond donors (Lipinski definition) is 2. The van der Waals surface area contributed by atoms with Crippen molar-refractivity contribution >= 4 is 35.1 Å². The smallest absolute Gasteiger partial charge is 0.302 e. The molecule has 0 spiro atoms. The minimum Gasteiger partial charge on any atom is -0.459 e. The molecule has 1 aromatic carbocycles. The van der Waals surface area contributed by atoms with Crippen LogP contribution >= 0.6 is 11.6 Å². The first-order chi connectivity index (χ1) is 11.5. The number of hydrogen-bond acceptors (Lipinski definition) is 5. The molecule has 0 radical (unpaired) electrons. The fourth-order valence-corrected chi connectivity index (χ4v) is 1.95. The van der Waals surface area contributed by atoms with E-state index >= 15 is 0 Å². The highest BCUT2D eigenvalue weighted by Crippen LogP contribution is 2.20. The second kappa shape index (κ2) is 6.55. The molecule has 9 heteroatoms. The van der Waals surface area contributed by atoms with Gasteiger partial charge < -0.3 is 14.2 Å². The lowest BCUT2D eigenvalue weighted by atomic mass is 10.3. The number of aromatic nitrogens is 1. The molecule has 7 nitrogen and oxygen atoms in total. The SMILES string of the molecule is O=C(Nc1ccc(F)c(Cl)c1)c1coc(NC(=O)c2ccco2)n1. The molecule has 2 amide bonds. The maximum atomic E-state index is 13.1. The van der Waals surface area contributed by atoms with Gasteiger partial charge in [0.15, 0.2) is 11.5 Å². The van der Waals surface area contributed by atoms with Gasteiger partial charge in [-0.1, -0.05) is 11.6 Å². The van der Waals surface area contributed by atoms with Crippen LogP contribution in [-0.4, -0.2) is 16.8 Å². The zero-order valence-corrected chi connectivity index (χ0v) is 12.6. The topological polar surface area (TPSA) is 97.4 Å². The molecule has 0 saturated carbocycles. The first-order valence-electron chi connectivity index (χ1n) is 6.60. The highest BCUT2D eigenvalue weighted by atomic mass is 35.5. The van der Waals surface area contributed by atoms with Crippen molar-refractivity contribution in [2.45, 2.75) is 0 Å². The predicted octanol–water partition coefficient (Wildman–Crippen LogP) is 3.56. The molecule has 0 fully saturated rings. The number of halogens is 2. The third-order valence-corrected chi connectivity index (χ3v) is 3.17. The second-order valence-corrected chi connectivity index (χ2v) is 4.96. The monoisotopic (exact) mass is 349 g/mol. The summed E-state index contributed by atoms with van der Waals surface area (Å²) in [5.41, 5.74) is 0.209. The predicted molar refractivity (Wildman–Crippen MR) is 82.5 cm³/mol. The first kappa shape index (κ1) is 15.8. The van der Waals surface area contributed by atoms with E-state index in [1.165, 1.54) is 24.5 Å². The summed E-state index contributed by atoms with van der Waals surface area (Å²) in [6.45, 7) is 0. The number of benzene rings is 1. The van der Waals surface area contributed by atoms with Gasteiger partial charge in [-0.3, -0.25) is 14.9 Å². The number of nitrogens with one attached hydrogen (secondary N) is 2. The standard InChI is InChI=1S/C15H9ClFN3O4/c16-9-6-8(3-4-10(9)17)18-13(21)11-7-24-15(19-11)20-14(22)12-2-1-5-23-12/h1-7H,(H,18,21)(H,19,20,22). The number of furan rings is 1. The molecule has 122 valence electrons. The molecule has 0 saturated heterocycles. The lowest BCUT2D eigenvalue weighted by Gasteiger charge is -2.03. The normalized spacial score (nSPS) is 10.4. The van der Waals surface area contributed by atoms with Crippen LogP contribution in [0.3, 0.4) is 0 Å². The summed E-state index contributed by atoms with van der Waals surface area (Å²) in [6.07, 6.45) is 2.41. The molecule has 0 aliphatic carbocycles. The molecule has 3 aromatic rings. The van der Waals surface area contributed by atoms with Crippen molar-refractivity contribution < 1.29 is 22.8 Å². The van der Waals surface area contributed by atoms with Gasteiger partial charge in [0.25, 0.3) is 11.8 Å². The van der Waals surface area contributed by atoms with Gasteiger partial charge in [-0.15, -0.1) is 0 Å². The van der Waals surface area contributed by atoms with Crippen LogP contribution < -0.4 is 10.6 Å². The van der Waals surface area contributed by atoms with Crippen LogP contribution in [0.15, 0.2) is 51.7 Å². The van der Waals surface area contributed by atoms with Crippen molar-refractivity contribution in [1.82, 2.24) is 4.98 Å². The van der Waals surface area contributed by atoms with Gasteiger partial charge in [0.05, 0.1) is 11.3 Å². The summed E-state index contributed by atoms with van der Waals surface area (Å²) in [4.78, 5) is 27.6. The Hall–Kier alpha value is -3.13. The summed E-state index contributed by atoms with van der Waals surface area (Å²) >= 11 is 5.64. The Morgan fingerprint density at radius 2 is 1.96 bits per heavy atom. The van der Waals surface area contributed by atoms with Gasteiger partial charge in [0.1, 0.15) is 12.1 Å². The quantitative estimate of drug-likeness (QED) is 0.750. The van der Waals surface area contributed by atoms with E-state index in [-0.39, 0.29) is 28.2 Å². The molecule has 2 N–H and O–H groups in total. The Labute approximate surface area is 139 Å². The molecular formula is C15H9ClFN3O4. The van der Waals surface area contributed by atoms with E-state index in [1.54, 1.807) is 6.07 Å². The van der Waals surface area contributed by atoms with E-state index in [4.69, 9.17) is 20.4 Å². The fraction of sp³-hybridized carbons (Fsp3) is 0. The van der Waals surface area contributed by atoms with E-state index in [2.05, 4.69) is 15.6 Å². The zero-order chi connectivity index (χ0) is 17.1. The van der Waals surface area contributed by atoms with Gasteiger partial charge in [-0.2, -0.15) is 4.98 Å². The number of anilines is 2. The lowest BCUT2D eigenvalue weighted by molar-refractivity contribution is 0.0990. The van der Waals surface area contributed by atoms with Crippen LogP contribution in [0, 0.1) is 5.82 Å². The molecule has 0 unspecified atom stereocenters. The van der Waals surface area contributed by atoms with Gasteiger partial charge in [0, 0.05) is 5.69 Å². The summed E-state index contributed by atoms with van der Waals surface area (Å²) in [5, 5.41) is 4.69. The zero-order valence-electron chi connectivity index (χ0n) is 11.9. The Bertz CT molecular complexity index is 892. The van der Waals surface area contributed by atoms with Crippen molar-refractivity contribution in [3.63, 3.8) is 0 Å². The Morgan fingerprint density at radius 1 is 1.12 bits per heavy atom. The van der Waals surface area contributed by atoms with Crippen LogP contribution in [0.5, 0.6) is 0 Å². The number of oxazole rings is 1. The second-order valence-electron chi connectivity index (χ2n) is 4.55. The summed E-state index contributed by atoms with van der Waals surface area (Å²) < 4.78 is 23.0. The molecule has 0 aliphatic heterocycles. The molecule has 2 heterocycles. The molecule has 3 rings (SSSR count). The third kappa shape index (κ3) is 3.44. The van der Waals surface area contributed by atoms with Crippen LogP contribution in [0.4, 0.5) is 16.1 Å². The van der Waals surface area contributed by atoms with Gasteiger partial charge in [-0.05, 0) is 30.3 Å². The molecule has 0 aliphatic rings. The number of rotatable bonds is 4. The summed E-state index contributed by atoms with van der Waals surface area (Å²) in [6, 6.07) is 6.57. The Balaban J connectivity index is 1.67. The maximum absolute atomic E-state index is 13.1. The van der Waals surface area contributed by atoms with Crippen molar-refractivity contribution in [2.24, 2.45) is 0 Å². The van der Waals surface area contributed by atoms with E-state index in [1.807, 2.05) is 0 Å². The molecule has 24 heavy (non-hydrogen) atoms. The summed E-state index contributed by atoms with van der Waals surface area (Å²) in [7, 11) is 0. The van der Waals surface area contributed by atoms with E-state index in [0.29, 0.717) is 0 Å². The highest BCUT2D eigenvalue weighted by Gasteiger charge is 2.16. The van der Waals surface area contributed by atoms with Crippen LogP contribution in [0.2, 0.25) is 5.02 Å². The number of nitrogens with zero attached hydrogens (tertiary/aromatic N) is 1. The van der Waals surface area contributed by atoms with Gasteiger partial charge >= 0.3 is 6.01 Å². The fourth-order valence-electron chi connectivity index (χ4n) is 1.77. The average Bonchev–Trinajstić information content (AvgIpc) is 3.22. The van der Waals surface area contributed by atoms with Crippen molar-refractivity contribution in [3.05, 3.63) is 65.2 Å². The van der Waals surface area contributed by atoms with Gasteiger partial charge in [-0.25, -0.2) is 4.39 Å². The Kier molecular flexibility index (Phi) is 4.30. The molecule has 0 bridgehead atoms. The number of carbonyl (C=O) groups excluding carboxylic acids is 2. The molecule has 2 aromatic heterocycles. The maximum Gasteiger partial charge on any atom is 0.302 e. The van der Waals surface area contributed by atoms with Crippen LogP contribution in [-0.2, 0) is 0 Å².